The number of H-pyrrole nitrogens is 2. The summed E-state index contributed by atoms with van der Waals surface area (Å²) >= 11 is 1.26. The highest BCUT2D eigenvalue weighted by molar-refractivity contribution is 7.98. The van der Waals surface area contributed by atoms with Gasteiger partial charge in [0.05, 0.1) is 7.11 Å². The lowest BCUT2D eigenvalue weighted by molar-refractivity contribution is 0.414. The third kappa shape index (κ3) is 3.01. The molecule has 0 amide bonds. The molecule has 2 aromatic rings. The largest absolute Gasteiger partial charge is 0.497 e. The topological polar surface area (TPSA) is 87.8 Å². The Morgan fingerprint density at radius 3 is 2.61 bits per heavy atom. The molecule has 1 aromatic carbocycles. The predicted molar refractivity (Wildman–Crippen MR) is 68.0 cm³/mol. The van der Waals surface area contributed by atoms with Crippen molar-refractivity contribution in [3.05, 3.63) is 50.7 Å². The Bertz CT molecular complexity index is 633. The number of ether oxygens (including phenoxy) is 1. The van der Waals surface area contributed by atoms with E-state index in [-0.39, 0.29) is 5.03 Å². The number of nitrogens with zero attached hydrogens (tertiary/aromatic N) is 1. The first-order valence-electron chi connectivity index (χ1n) is 5.14. The summed E-state index contributed by atoms with van der Waals surface area (Å²) < 4.78 is 5.05. The Morgan fingerprint density at radius 2 is 2.00 bits per heavy atom. The van der Waals surface area contributed by atoms with Crippen molar-refractivity contribution in [3.8, 4) is 5.75 Å². The summed E-state index contributed by atoms with van der Waals surface area (Å²) in [4.78, 5) is 24.3. The van der Waals surface area contributed by atoms with Crippen LogP contribution in [0.5, 0.6) is 5.75 Å². The van der Waals surface area contributed by atoms with Crippen LogP contribution in [-0.4, -0.2) is 22.3 Å². The average molecular weight is 265 g/mol. The van der Waals surface area contributed by atoms with Crippen LogP contribution in [0.1, 0.15) is 5.56 Å². The Hall–Kier alpha value is -2.02. The Labute approximate surface area is 106 Å². The molecule has 0 saturated carbocycles. The van der Waals surface area contributed by atoms with Crippen LogP contribution in [0.4, 0.5) is 0 Å². The normalized spacial score (nSPS) is 10.3. The first-order valence-corrected chi connectivity index (χ1v) is 6.12. The molecule has 0 aliphatic heterocycles. The molecule has 0 fully saturated rings. The number of hydrogen-bond donors (Lipinski definition) is 2. The maximum Gasteiger partial charge on any atom is 0.342 e. The van der Waals surface area contributed by atoms with Gasteiger partial charge >= 0.3 is 5.69 Å². The molecule has 2 rings (SSSR count). The van der Waals surface area contributed by atoms with E-state index in [2.05, 4.69) is 15.2 Å². The van der Waals surface area contributed by atoms with E-state index in [4.69, 9.17) is 4.74 Å². The second kappa shape index (κ2) is 5.54. The summed E-state index contributed by atoms with van der Waals surface area (Å²) in [6.45, 7) is 0. The molecule has 0 spiro atoms. The van der Waals surface area contributed by atoms with Gasteiger partial charge in [-0.05, 0) is 17.7 Å². The highest BCUT2D eigenvalue weighted by Crippen LogP contribution is 2.19. The number of aromatic nitrogens is 3. The Morgan fingerprint density at radius 1 is 1.28 bits per heavy atom. The molecule has 0 unspecified atom stereocenters. The van der Waals surface area contributed by atoms with Crippen molar-refractivity contribution in [2.24, 2.45) is 0 Å². The van der Waals surface area contributed by atoms with Crippen molar-refractivity contribution in [2.45, 2.75) is 10.8 Å². The summed E-state index contributed by atoms with van der Waals surface area (Å²) in [6.07, 6.45) is 0. The maximum atomic E-state index is 11.4. The molecule has 2 N–H and O–H groups in total. The number of hydrogen-bond acceptors (Lipinski definition) is 5. The second-order valence-corrected chi connectivity index (χ2v) is 4.41. The van der Waals surface area contributed by atoms with Crippen LogP contribution < -0.4 is 16.0 Å². The first-order chi connectivity index (χ1) is 8.69. The van der Waals surface area contributed by atoms with Gasteiger partial charge in [0, 0.05) is 5.75 Å². The van der Waals surface area contributed by atoms with Gasteiger partial charge in [0.15, 0.2) is 5.03 Å². The standard InChI is InChI=1S/C11H11N3O3S/c1-17-8-4-2-7(3-5-8)6-18-10-9(15)12-11(16)14-13-10/h2-5H,6H2,1H3,(H2,12,14,15,16). The number of nitrogens with one attached hydrogen (secondary N) is 2. The fraction of sp³-hybridized carbons (Fsp3) is 0.182. The number of thioether (sulfide) groups is 1. The molecular weight excluding hydrogens is 254 g/mol. The number of aromatic amines is 2. The number of methoxy groups -OCH3 is 1. The van der Waals surface area contributed by atoms with Gasteiger partial charge in [-0.15, -0.1) is 0 Å². The second-order valence-electron chi connectivity index (χ2n) is 3.45. The predicted octanol–water partition coefficient (Wildman–Crippen LogP) is 0.759. The van der Waals surface area contributed by atoms with Crippen molar-refractivity contribution < 1.29 is 4.74 Å². The van der Waals surface area contributed by atoms with Crippen LogP contribution in [-0.2, 0) is 5.75 Å². The summed E-state index contributed by atoms with van der Waals surface area (Å²) in [7, 11) is 1.60. The Balaban J connectivity index is 2.06. The molecule has 0 aliphatic rings. The molecule has 1 aromatic heterocycles. The average Bonchev–Trinajstić information content (AvgIpc) is 2.38. The van der Waals surface area contributed by atoms with Crippen molar-refractivity contribution >= 4 is 11.8 Å². The zero-order valence-electron chi connectivity index (χ0n) is 9.60. The zero-order valence-corrected chi connectivity index (χ0v) is 10.4. The van der Waals surface area contributed by atoms with E-state index in [9.17, 15) is 9.59 Å². The highest BCUT2D eigenvalue weighted by Gasteiger charge is 2.03. The quantitative estimate of drug-likeness (QED) is 0.797. The summed E-state index contributed by atoms with van der Waals surface area (Å²) in [6, 6.07) is 7.51. The summed E-state index contributed by atoms with van der Waals surface area (Å²) in [5.41, 5.74) is -0.0424. The van der Waals surface area contributed by atoms with Gasteiger partial charge in [0.1, 0.15) is 5.75 Å². The van der Waals surface area contributed by atoms with E-state index in [1.165, 1.54) is 11.8 Å². The molecule has 7 heteroatoms. The third-order valence-corrected chi connectivity index (χ3v) is 3.24. The minimum atomic E-state index is -0.603. The van der Waals surface area contributed by atoms with Crippen LogP contribution in [0.25, 0.3) is 0 Å². The summed E-state index contributed by atoms with van der Waals surface area (Å²) in [5.74, 6) is 1.37. The molecule has 0 aliphatic carbocycles. The van der Waals surface area contributed by atoms with Gasteiger partial charge in [0.2, 0.25) is 0 Å². The maximum absolute atomic E-state index is 11.4. The van der Waals surface area contributed by atoms with E-state index in [0.717, 1.165) is 11.3 Å². The van der Waals surface area contributed by atoms with Gasteiger partial charge in [-0.3, -0.25) is 9.78 Å². The van der Waals surface area contributed by atoms with Gasteiger partial charge in [-0.1, -0.05) is 23.9 Å². The lowest BCUT2D eigenvalue weighted by Gasteiger charge is -2.02. The number of rotatable bonds is 4. The molecule has 0 radical (unpaired) electrons. The van der Waals surface area contributed by atoms with Crippen molar-refractivity contribution in [3.63, 3.8) is 0 Å². The molecule has 0 atom stereocenters. The van der Waals surface area contributed by atoms with Gasteiger partial charge < -0.3 is 4.74 Å². The monoisotopic (exact) mass is 265 g/mol. The summed E-state index contributed by atoms with van der Waals surface area (Å²) in [5, 5.41) is 6.12. The molecule has 18 heavy (non-hydrogen) atoms. The van der Waals surface area contributed by atoms with Crippen molar-refractivity contribution in [1.29, 1.82) is 0 Å². The fourth-order valence-electron chi connectivity index (χ4n) is 1.31. The first kappa shape index (κ1) is 12.4. The van der Waals surface area contributed by atoms with Gasteiger partial charge in [0.25, 0.3) is 5.56 Å². The van der Waals surface area contributed by atoms with Crippen LogP contribution in [0.2, 0.25) is 0 Å². The zero-order chi connectivity index (χ0) is 13.0. The minimum absolute atomic E-state index is 0.241. The number of benzene rings is 1. The molecule has 6 nitrogen and oxygen atoms in total. The van der Waals surface area contributed by atoms with E-state index < -0.39 is 11.2 Å². The fourth-order valence-corrected chi connectivity index (χ4v) is 2.10. The van der Waals surface area contributed by atoms with Gasteiger partial charge in [-0.2, -0.15) is 5.10 Å². The molecule has 0 saturated heterocycles. The SMILES string of the molecule is COc1ccc(CSc2n[nH]c(=O)[nH]c2=O)cc1. The van der Waals surface area contributed by atoms with Crippen molar-refractivity contribution in [1.82, 2.24) is 15.2 Å². The minimum Gasteiger partial charge on any atom is -0.497 e. The van der Waals surface area contributed by atoms with Crippen LogP contribution >= 0.6 is 11.8 Å². The van der Waals surface area contributed by atoms with E-state index in [0.29, 0.717) is 5.75 Å². The van der Waals surface area contributed by atoms with Crippen molar-refractivity contribution in [2.75, 3.05) is 7.11 Å². The smallest absolute Gasteiger partial charge is 0.342 e. The molecule has 1 heterocycles. The van der Waals surface area contributed by atoms with Gasteiger partial charge in [-0.25, -0.2) is 9.89 Å². The lowest BCUT2D eigenvalue weighted by Crippen LogP contribution is -2.24. The third-order valence-electron chi connectivity index (χ3n) is 2.21. The van der Waals surface area contributed by atoms with E-state index in [1.54, 1.807) is 7.11 Å². The van der Waals surface area contributed by atoms with Crippen LogP contribution in [0.3, 0.4) is 0 Å². The van der Waals surface area contributed by atoms with E-state index >= 15 is 0 Å². The lowest BCUT2D eigenvalue weighted by atomic mass is 10.2. The van der Waals surface area contributed by atoms with Crippen LogP contribution in [0.15, 0.2) is 38.9 Å². The Kier molecular flexibility index (Phi) is 3.83. The molecule has 94 valence electrons. The molecule has 0 bridgehead atoms. The van der Waals surface area contributed by atoms with Crippen LogP contribution in [0, 0.1) is 0 Å². The molecular formula is C11H11N3O3S. The highest BCUT2D eigenvalue weighted by atomic mass is 32.2. The van der Waals surface area contributed by atoms with E-state index in [1.807, 2.05) is 24.3 Å².